The average Bonchev–Trinajstić information content (AvgIpc) is 2.03. The van der Waals surface area contributed by atoms with Gasteiger partial charge in [-0.1, -0.05) is 0 Å². The lowest BCUT2D eigenvalue weighted by molar-refractivity contribution is -1.23. The van der Waals surface area contributed by atoms with Crippen LogP contribution in [-0.2, 0) is 0 Å². The quantitative estimate of drug-likeness (QED) is 0.492. The van der Waals surface area contributed by atoms with Gasteiger partial charge in [0.05, 0.1) is 0 Å². The molecule has 0 atom stereocenters. The van der Waals surface area contributed by atoms with Gasteiger partial charge in [-0.3, -0.25) is 0 Å². The van der Waals surface area contributed by atoms with Crippen molar-refractivity contribution in [2.75, 3.05) is 12.0 Å². The standard InChI is InChI=1S/C5H9ClN5O2/c1-2-11(12,13)10-5-8-3-7-4(6)9-5/h3,12-13H,2H2,1H3,(H,7,8,9,10)/q+1. The third-order valence-corrected chi connectivity index (χ3v) is 1.44. The number of anilines is 1. The van der Waals surface area contributed by atoms with Gasteiger partial charge in [0.1, 0.15) is 6.33 Å². The molecule has 0 amide bonds. The predicted molar refractivity (Wildman–Crippen MR) is 42.8 cm³/mol. The molecule has 0 bridgehead atoms. The number of quaternary nitrogens is 1. The summed E-state index contributed by atoms with van der Waals surface area (Å²) in [6, 6.07) is 0. The van der Waals surface area contributed by atoms with Crippen LogP contribution in [0.5, 0.6) is 0 Å². The Morgan fingerprint density at radius 1 is 1.54 bits per heavy atom. The number of hydrogen-bond donors (Lipinski definition) is 3. The lowest BCUT2D eigenvalue weighted by atomic mass is 10.8. The summed E-state index contributed by atoms with van der Waals surface area (Å²) < 4.78 is 0. The van der Waals surface area contributed by atoms with Crippen LogP contribution in [0.15, 0.2) is 6.33 Å². The molecule has 1 aromatic rings. The predicted octanol–water partition coefficient (Wildman–Crippen LogP) is 0.467. The molecular formula is C5H9ClN5O2+. The minimum atomic E-state index is -1.40. The first-order valence-electron chi connectivity index (χ1n) is 3.50. The van der Waals surface area contributed by atoms with Crippen LogP contribution in [0, 0.1) is 0 Å². The highest BCUT2D eigenvalue weighted by Gasteiger charge is 2.21. The van der Waals surface area contributed by atoms with E-state index in [1.165, 1.54) is 0 Å². The Hall–Kier alpha value is -1.02. The summed E-state index contributed by atoms with van der Waals surface area (Å²) in [5.41, 5.74) is 2.21. The topological polar surface area (TPSA) is 91.2 Å². The van der Waals surface area contributed by atoms with Gasteiger partial charge in [0.2, 0.25) is 5.28 Å². The van der Waals surface area contributed by atoms with Gasteiger partial charge in [0, 0.05) is 4.92 Å². The Balaban J connectivity index is 2.74. The first-order chi connectivity index (χ1) is 6.03. The second-order valence-corrected chi connectivity index (χ2v) is 2.57. The molecule has 0 aliphatic heterocycles. The van der Waals surface area contributed by atoms with E-state index >= 15 is 0 Å². The molecule has 3 N–H and O–H groups in total. The van der Waals surface area contributed by atoms with Crippen LogP contribution in [0.1, 0.15) is 6.92 Å². The second-order valence-electron chi connectivity index (χ2n) is 2.24. The Morgan fingerprint density at radius 2 is 2.23 bits per heavy atom. The molecule has 0 saturated heterocycles. The maximum atomic E-state index is 9.11. The van der Waals surface area contributed by atoms with Gasteiger partial charge in [-0.05, 0) is 18.5 Å². The van der Waals surface area contributed by atoms with E-state index in [-0.39, 0.29) is 17.8 Å². The summed E-state index contributed by atoms with van der Waals surface area (Å²) in [5, 5.41) is 18.2. The number of nitrogens with one attached hydrogen (secondary N) is 1. The Kier molecular flexibility index (Phi) is 2.94. The summed E-state index contributed by atoms with van der Waals surface area (Å²) in [5.74, 6) is -0.00755. The van der Waals surface area contributed by atoms with E-state index in [1.807, 2.05) is 0 Å². The fourth-order valence-electron chi connectivity index (χ4n) is 0.569. The first-order valence-corrected chi connectivity index (χ1v) is 3.87. The number of aromatic nitrogens is 3. The Bertz CT molecular complexity index is 294. The van der Waals surface area contributed by atoms with Crippen molar-refractivity contribution in [3.8, 4) is 0 Å². The normalized spacial score (nSPS) is 11.4. The molecule has 0 saturated carbocycles. The highest BCUT2D eigenvalue weighted by Crippen LogP contribution is 2.05. The molecule has 1 heterocycles. The van der Waals surface area contributed by atoms with E-state index in [2.05, 4.69) is 20.4 Å². The number of hydroxylamine groups is 2. The van der Waals surface area contributed by atoms with Gasteiger partial charge < -0.3 is 0 Å². The van der Waals surface area contributed by atoms with Crippen LogP contribution in [0.25, 0.3) is 0 Å². The number of hydrogen-bond acceptors (Lipinski definition) is 6. The third kappa shape index (κ3) is 3.07. The van der Waals surface area contributed by atoms with Crippen LogP contribution < -0.4 is 5.43 Å². The zero-order chi connectivity index (χ0) is 9.90. The SMILES string of the molecule is CC[N+](O)(O)Nc1ncnc(Cl)n1. The highest BCUT2D eigenvalue weighted by atomic mass is 35.5. The smallest absolute Gasteiger partial charge is 0.206 e. The molecule has 13 heavy (non-hydrogen) atoms. The van der Waals surface area contributed by atoms with Crippen molar-refractivity contribution < 1.29 is 15.3 Å². The number of rotatable bonds is 3. The Labute approximate surface area is 79.1 Å². The lowest BCUT2D eigenvalue weighted by Gasteiger charge is -2.18. The minimum absolute atomic E-state index is 0.00755. The average molecular weight is 207 g/mol. The molecular weight excluding hydrogens is 198 g/mol. The van der Waals surface area contributed by atoms with Crippen LogP contribution in [0.3, 0.4) is 0 Å². The molecule has 0 fully saturated rings. The van der Waals surface area contributed by atoms with Crippen molar-refractivity contribution in [3.05, 3.63) is 11.6 Å². The molecule has 0 aliphatic carbocycles. The van der Waals surface area contributed by atoms with Gasteiger partial charge in [0.25, 0.3) is 5.95 Å². The maximum absolute atomic E-state index is 9.11. The van der Waals surface area contributed by atoms with Crippen LogP contribution in [0.4, 0.5) is 5.95 Å². The van der Waals surface area contributed by atoms with Gasteiger partial charge in [-0.15, -0.1) is 5.43 Å². The number of halogens is 1. The molecule has 0 unspecified atom stereocenters. The van der Waals surface area contributed by atoms with E-state index in [0.29, 0.717) is 0 Å². The van der Waals surface area contributed by atoms with E-state index < -0.39 is 4.92 Å². The van der Waals surface area contributed by atoms with Crippen molar-refractivity contribution in [2.24, 2.45) is 0 Å². The van der Waals surface area contributed by atoms with Crippen molar-refractivity contribution in [1.82, 2.24) is 15.0 Å². The first kappa shape index (κ1) is 10.1. The monoisotopic (exact) mass is 206 g/mol. The minimum Gasteiger partial charge on any atom is -0.206 e. The molecule has 0 aliphatic rings. The molecule has 72 valence electrons. The lowest BCUT2D eigenvalue weighted by Crippen LogP contribution is -2.46. The van der Waals surface area contributed by atoms with Crippen molar-refractivity contribution in [1.29, 1.82) is 0 Å². The van der Waals surface area contributed by atoms with E-state index in [0.717, 1.165) is 6.33 Å². The fraction of sp³-hybridized carbons (Fsp3) is 0.400. The van der Waals surface area contributed by atoms with Gasteiger partial charge in [-0.25, -0.2) is 4.98 Å². The third-order valence-electron chi connectivity index (χ3n) is 1.26. The molecule has 0 aromatic carbocycles. The van der Waals surface area contributed by atoms with Crippen LogP contribution >= 0.6 is 11.6 Å². The summed E-state index contributed by atoms with van der Waals surface area (Å²) >= 11 is 5.44. The molecule has 0 radical (unpaired) electrons. The fourth-order valence-corrected chi connectivity index (χ4v) is 0.693. The maximum Gasteiger partial charge on any atom is 0.279 e. The molecule has 0 spiro atoms. The summed E-state index contributed by atoms with van der Waals surface area (Å²) in [7, 11) is 0. The molecule has 1 aromatic heterocycles. The largest absolute Gasteiger partial charge is 0.279 e. The highest BCUT2D eigenvalue weighted by molar-refractivity contribution is 6.28. The summed E-state index contributed by atoms with van der Waals surface area (Å²) in [6.07, 6.45) is 1.16. The zero-order valence-electron chi connectivity index (χ0n) is 6.85. The molecule has 1 rings (SSSR count). The van der Waals surface area contributed by atoms with Crippen molar-refractivity contribution in [2.45, 2.75) is 6.92 Å². The summed E-state index contributed by atoms with van der Waals surface area (Å²) in [6.45, 7) is 1.60. The summed E-state index contributed by atoms with van der Waals surface area (Å²) in [4.78, 5) is 9.35. The van der Waals surface area contributed by atoms with Crippen LogP contribution in [0.2, 0.25) is 5.28 Å². The molecule has 7 nitrogen and oxygen atoms in total. The number of nitrogens with zero attached hydrogens (tertiary/aromatic N) is 4. The van der Waals surface area contributed by atoms with E-state index in [4.69, 9.17) is 22.0 Å². The Morgan fingerprint density at radius 3 is 2.77 bits per heavy atom. The van der Waals surface area contributed by atoms with Gasteiger partial charge in [-0.2, -0.15) is 20.4 Å². The molecule has 8 heteroatoms. The second kappa shape index (κ2) is 3.79. The van der Waals surface area contributed by atoms with E-state index in [9.17, 15) is 0 Å². The van der Waals surface area contributed by atoms with Crippen LogP contribution in [-0.4, -0.2) is 36.8 Å². The van der Waals surface area contributed by atoms with Crippen molar-refractivity contribution in [3.63, 3.8) is 0 Å². The van der Waals surface area contributed by atoms with Gasteiger partial charge >= 0.3 is 0 Å². The van der Waals surface area contributed by atoms with Gasteiger partial charge in [0.15, 0.2) is 6.54 Å². The van der Waals surface area contributed by atoms with Crippen molar-refractivity contribution >= 4 is 17.5 Å². The zero-order valence-corrected chi connectivity index (χ0v) is 7.60. The van der Waals surface area contributed by atoms with E-state index in [1.54, 1.807) is 6.92 Å².